The van der Waals surface area contributed by atoms with Gasteiger partial charge in [-0.25, -0.2) is 4.98 Å². The van der Waals surface area contributed by atoms with Crippen LogP contribution in [0.2, 0.25) is 5.02 Å². The van der Waals surface area contributed by atoms with Crippen molar-refractivity contribution in [3.8, 4) is 0 Å². The molecule has 1 fully saturated rings. The fraction of sp³-hybridized carbons (Fsp3) is 0.500. The molecule has 1 saturated carbocycles. The largest absolute Gasteiger partial charge is 0.481 e. The number of aromatic nitrogens is 1. The van der Waals surface area contributed by atoms with Crippen LogP contribution in [0.5, 0.6) is 0 Å². The van der Waals surface area contributed by atoms with Crippen molar-refractivity contribution in [1.82, 2.24) is 4.98 Å². The van der Waals surface area contributed by atoms with E-state index in [0.717, 1.165) is 53.7 Å². The predicted octanol–water partition coefficient (Wildman–Crippen LogP) is 4.92. The average molecular weight is 324 g/mol. The van der Waals surface area contributed by atoms with Crippen LogP contribution < -0.4 is 0 Å². The number of fused-ring (bicyclic) bond motifs is 1. The average Bonchev–Trinajstić information content (AvgIpc) is 2.70. The van der Waals surface area contributed by atoms with Gasteiger partial charge < -0.3 is 5.11 Å². The Balaban J connectivity index is 1.94. The lowest BCUT2D eigenvalue weighted by Crippen LogP contribution is -2.32. The van der Waals surface area contributed by atoms with Crippen molar-refractivity contribution in [1.29, 1.82) is 0 Å². The lowest BCUT2D eigenvalue weighted by molar-refractivity contribution is -0.149. The van der Waals surface area contributed by atoms with Crippen LogP contribution in [0.1, 0.15) is 43.5 Å². The first-order chi connectivity index (χ1) is 10.1. The van der Waals surface area contributed by atoms with E-state index >= 15 is 0 Å². The Morgan fingerprint density at radius 2 is 2.00 bits per heavy atom. The first-order valence-corrected chi connectivity index (χ1v) is 8.57. The van der Waals surface area contributed by atoms with Crippen molar-refractivity contribution in [3.05, 3.63) is 28.2 Å². The van der Waals surface area contributed by atoms with E-state index in [0.29, 0.717) is 11.4 Å². The van der Waals surface area contributed by atoms with Gasteiger partial charge >= 0.3 is 5.97 Å². The number of rotatable bonds is 3. The molecule has 0 amide bonds. The number of halogens is 1. The lowest BCUT2D eigenvalue weighted by Gasteiger charge is -2.26. The zero-order valence-corrected chi connectivity index (χ0v) is 13.3. The van der Waals surface area contributed by atoms with Crippen LogP contribution in [0, 0.1) is 5.41 Å². The molecule has 0 spiro atoms. The first-order valence-electron chi connectivity index (χ1n) is 7.38. The molecule has 0 unspecified atom stereocenters. The van der Waals surface area contributed by atoms with Crippen molar-refractivity contribution in [3.63, 3.8) is 0 Å². The van der Waals surface area contributed by atoms with Crippen LogP contribution in [0.15, 0.2) is 18.2 Å². The summed E-state index contributed by atoms with van der Waals surface area (Å²) in [4.78, 5) is 16.5. The summed E-state index contributed by atoms with van der Waals surface area (Å²) in [5, 5.41) is 11.3. The molecule has 1 aromatic heterocycles. The molecule has 1 aliphatic rings. The smallest absolute Gasteiger partial charge is 0.310 e. The van der Waals surface area contributed by atoms with Crippen LogP contribution in [-0.4, -0.2) is 16.1 Å². The molecular formula is C16H18ClNO2S. The SMILES string of the molecule is O=C(O)C1(Cc2nc3cccc(Cl)c3s2)CCCCCC1. The van der Waals surface area contributed by atoms with Gasteiger partial charge in [0.1, 0.15) is 0 Å². The van der Waals surface area contributed by atoms with E-state index < -0.39 is 11.4 Å². The number of carbonyl (C=O) groups is 1. The Morgan fingerprint density at radius 1 is 1.29 bits per heavy atom. The van der Waals surface area contributed by atoms with Gasteiger partial charge in [0.2, 0.25) is 0 Å². The fourth-order valence-electron chi connectivity index (χ4n) is 3.20. The molecule has 0 radical (unpaired) electrons. The molecule has 0 aliphatic heterocycles. The highest BCUT2D eigenvalue weighted by atomic mass is 35.5. The zero-order valence-electron chi connectivity index (χ0n) is 11.8. The topological polar surface area (TPSA) is 50.2 Å². The molecule has 112 valence electrons. The molecule has 0 saturated heterocycles. The second-order valence-electron chi connectivity index (χ2n) is 5.87. The van der Waals surface area contributed by atoms with Gasteiger partial charge in [-0.05, 0) is 25.0 Å². The highest BCUT2D eigenvalue weighted by molar-refractivity contribution is 7.19. The normalized spacial score (nSPS) is 18.5. The molecule has 3 rings (SSSR count). The van der Waals surface area contributed by atoms with Gasteiger partial charge in [-0.15, -0.1) is 11.3 Å². The maximum Gasteiger partial charge on any atom is 0.310 e. The summed E-state index contributed by atoms with van der Waals surface area (Å²) in [5.41, 5.74) is 0.230. The van der Waals surface area contributed by atoms with Crippen LogP contribution in [-0.2, 0) is 11.2 Å². The third kappa shape index (κ3) is 2.92. The molecule has 1 aromatic carbocycles. The van der Waals surface area contributed by atoms with E-state index in [-0.39, 0.29) is 0 Å². The molecule has 2 aromatic rings. The van der Waals surface area contributed by atoms with Gasteiger partial charge in [0.25, 0.3) is 0 Å². The van der Waals surface area contributed by atoms with E-state index in [4.69, 9.17) is 11.6 Å². The Labute approximate surface area is 133 Å². The number of thiazole rings is 1. The Morgan fingerprint density at radius 3 is 2.62 bits per heavy atom. The van der Waals surface area contributed by atoms with Crippen LogP contribution in [0.3, 0.4) is 0 Å². The number of hydrogen-bond acceptors (Lipinski definition) is 3. The molecule has 3 nitrogen and oxygen atoms in total. The Bertz CT molecular complexity index is 659. The minimum absolute atomic E-state index is 0.526. The minimum atomic E-state index is -0.672. The first kappa shape index (κ1) is 14.8. The number of nitrogens with zero attached hydrogens (tertiary/aromatic N) is 1. The van der Waals surface area contributed by atoms with E-state index in [1.165, 1.54) is 11.3 Å². The lowest BCUT2D eigenvalue weighted by atomic mass is 9.78. The van der Waals surface area contributed by atoms with E-state index in [1.54, 1.807) is 0 Å². The molecule has 1 heterocycles. The summed E-state index contributed by atoms with van der Waals surface area (Å²) in [6.45, 7) is 0. The minimum Gasteiger partial charge on any atom is -0.481 e. The quantitative estimate of drug-likeness (QED) is 0.816. The summed E-state index contributed by atoms with van der Waals surface area (Å²) in [5.74, 6) is -0.672. The summed E-state index contributed by atoms with van der Waals surface area (Å²) < 4.78 is 0.961. The fourth-order valence-corrected chi connectivity index (χ4v) is 4.60. The highest BCUT2D eigenvalue weighted by Gasteiger charge is 2.39. The molecule has 1 aliphatic carbocycles. The van der Waals surface area contributed by atoms with E-state index in [2.05, 4.69) is 4.98 Å². The van der Waals surface area contributed by atoms with Crippen LogP contribution >= 0.6 is 22.9 Å². The van der Waals surface area contributed by atoms with Crippen LogP contribution in [0.4, 0.5) is 0 Å². The summed E-state index contributed by atoms with van der Waals surface area (Å²) in [6.07, 6.45) is 6.31. The maximum absolute atomic E-state index is 11.9. The number of carboxylic acid groups (broad SMARTS) is 1. The standard InChI is InChI=1S/C16H18ClNO2S/c17-11-6-5-7-12-14(11)21-13(18-12)10-16(15(19)20)8-3-1-2-4-9-16/h5-7H,1-4,8-10H2,(H,19,20). The van der Waals surface area contributed by atoms with Gasteiger partial charge in [0.05, 0.1) is 25.7 Å². The third-order valence-corrected chi connectivity index (χ3v) is 5.95. The Hall–Kier alpha value is -1.13. The molecule has 0 bridgehead atoms. The summed E-state index contributed by atoms with van der Waals surface area (Å²) >= 11 is 7.72. The molecule has 1 N–H and O–H groups in total. The molecule has 0 atom stereocenters. The number of carboxylic acids is 1. The molecule has 5 heteroatoms. The van der Waals surface area contributed by atoms with Crippen molar-refractivity contribution in [2.24, 2.45) is 5.41 Å². The van der Waals surface area contributed by atoms with Gasteiger partial charge in [0.15, 0.2) is 0 Å². The van der Waals surface area contributed by atoms with Gasteiger partial charge in [-0.2, -0.15) is 0 Å². The van der Waals surface area contributed by atoms with Crippen molar-refractivity contribution < 1.29 is 9.90 Å². The number of aliphatic carboxylic acids is 1. The number of hydrogen-bond donors (Lipinski definition) is 1. The second-order valence-corrected chi connectivity index (χ2v) is 7.36. The van der Waals surface area contributed by atoms with E-state index in [1.807, 2.05) is 18.2 Å². The van der Waals surface area contributed by atoms with E-state index in [9.17, 15) is 9.90 Å². The number of benzene rings is 1. The monoisotopic (exact) mass is 323 g/mol. The second kappa shape index (κ2) is 5.93. The van der Waals surface area contributed by atoms with Gasteiger partial charge in [0, 0.05) is 6.42 Å². The van der Waals surface area contributed by atoms with Crippen LogP contribution in [0.25, 0.3) is 10.2 Å². The maximum atomic E-state index is 11.9. The van der Waals surface area contributed by atoms with Gasteiger partial charge in [-0.3, -0.25) is 4.79 Å². The van der Waals surface area contributed by atoms with Crippen molar-refractivity contribution in [2.75, 3.05) is 0 Å². The summed E-state index contributed by atoms with van der Waals surface area (Å²) in [7, 11) is 0. The molecule has 21 heavy (non-hydrogen) atoms. The highest BCUT2D eigenvalue weighted by Crippen LogP contribution is 2.40. The molecular weight excluding hydrogens is 306 g/mol. The van der Waals surface area contributed by atoms with Crippen molar-refractivity contribution >= 4 is 39.1 Å². The Kier molecular flexibility index (Phi) is 4.18. The summed E-state index contributed by atoms with van der Waals surface area (Å²) in [6, 6.07) is 5.67. The predicted molar refractivity (Wildman–Crippen MR) is 86.1 cm³/mol. The van der Waals surface area contributed by atoms with Crippen molar-refractivity contribution in [2.45, 2.75) is 44.9 Å². The third-order valence-electron chi connectivity index (χ3n) is 4.42. The van der Waals surface area contributed by atoms with Gasteiger partial charge in [-0.1, -0.05) is 43.4 Å². The zero-order chi connectivity index (χ0) is 14.9.